The van der Waals surface area contributed by atoms with Gasteiger partial charge < -0.3 is 5.11 Å². The third-order valence-electron chi connectivity index (χ3n) is 4.54. The smallest absolute Gasteiger partial charge is 0.144 e. The molecule has 0 heterocycles. The highest BCUT2D eigenvalue weighted by Crippen LogP contribution is 2.41. The van der Waals surface area contributed by atoms with Crippen LogP contribution in [0.15, 0.2) is 35.3 Å². The SMILES string of the molecule is Cc1ccc(C)c(C=Nc2cc(C(C)(C)C)cc(C(C)(C)C)c2O)c1. The Balaban J connectivity index is 2.60. The molecule has 0 unspecified atom stereocenters. The minimum absolute atomic E-state index is 0.00276. The highest BCUT2D eigenvalue weighted by Gasteiger charge is 2.24. The number of aliphatic imine (C=N–C) groups is 1. The Kier molecular flexibility index (Phi) is 5.13. The van der Waals surface area contributed by atoms with E-state index in [1.54, 1.807) is 0 Å². The molecule has 0 fully saturated rings. The molecule has 0 saturated heterocycles. The molecule has 0 amide bonds. The first-order valence-corrected chi connectivity index (χ1v) is 8.89. The van der Waals surface area contributed by atoms with Gasteiger partial charge in [-0.1, -0.05) is 71.4 Å². The van der Waals surface area contributed by atoms with E-state index in [9.17, 15) is 5.11 Å². The summed E-state index contributed by atoms with van der Waals surface area (Å²) in [6, 6.07) is 10.4. The van der Waals surface area contributed by atoms with Crippen LogP contribution in [-0.4, -0.2) is 11.3 Å². The van der Waals surface area contributed by atoms with Gasteiger partial charge in [-0.2, -0.15) is 0 Å². The first kappa shape index (κ1) is 19.2. The second-order valence-corrected chi connectivity index (χ2v) is 9.01. The number of hydrogen-bond donors (Lipinski definition) is 1. The lowest BCUT2D eigenvalue weighted by atomic mass is 9.80. The van der Waals surface area contributed by atoms with E-state index in [4.69, 9.17) is 0 Å². The van der Waals surface area contributed by atoms with Crippen molar-refractivity contribution in [1.82, 2.24) is 0 Å². The number of benzene rings is 2. The van der Waals surface area contributed by atoms with Gasteiger partial charge in [-0.15, -0.1) is 0 Å². The van der Waals surface area contributed by atoms with Crippen molar-refractivity contribution in [2.45, 2.75) is 66.2 Å². The van der Waals surface area contributed by atoms with Gasteiger partial charge in [0.2, 0.25) is 0 Å². The molecule has 25 heavy (non-hydrogen) atoms. The molecule has 0 aliphatic heterocycles. The third-order valence-corrected chi connectivity index (χ3v) is 4.54. The second kappa shape index (κ2) is 6.67. The Hall–Kier alpha value is -2.09. The van der Waals surface area contributed by atoms with Crippen LogP contribution in [0.4, 0.5) is 5.69 Å². The minimum atomic E-state index is -0.144. The van der Waals surface area contributed by atoms with E-state index in [1.807, 2.05) is 12.3 Å². The van der Waals surface area contributed by atoms with E-state index in [2.05, 4.69) is 84.6 Å². The molecule has 2 rings (SSSR count). The monoisotopic (exact) mass is 337 g/mol. The maximum atomic E-state index is 10.8. The largest absolute Gasteiger partial charge is 0.505 e. The molecule has 134 valence electrons. The summed E-state index contributed by atoms with van der Waals surface area (Å²) >= 11 is 0. The predicted octanol–water partition coefficient (Wildman–Crippen LogP) is 6.35. The van der Waals surface area contributed by atoms with E-state index in [0.29, 0.717) is 5.69 Å². The van der Waals surface area contributed by atoms with Gasteiger partial charge in [0.05, 0.1) is 0 Å². The first-order chi connectivity index (χ1) is 11.4. The first-order valence-electron chi connectivity index (χ1n) is 8.89. The fourth-order valence-corrected chi connectivity index (χ4v) is 2.76. The summed E-state index contributed by atoms with van der Waals surface area (Å²) in [6.45, 7) is 17.1. The quantitative estimate of drug-likeness (QED) is 0.636. The Bertz CT molecular complexity index is 802. The van der Waals surface area contributed by atoms with Gasteiger partial charge in [-0.05, 0) is 47.4 Å². The van der Waals surface area contributed by atoms with Crippen LogP contribution in [0.25, 0.3) is 0 Å². The van der Waals surface area contributed by atoms with Crippen molar-refractivity contribution in [3.8, 4) is 5.75 Å². The molecule has 2 heteroatoms. The number of rotatable bonds is 2. The zero-order valence-electron chi connectivity index (χ0n) is 16.9. The Labute approximate surface area is 152 Å². The van der Waals surface area contributed by atoms with Crippen LogP contribution in [0.5, 0.6) is 5.75 Å². The third kappa shape index (κ3) is 4.50. The van der Waals surface area contributed by atoms with Crippen LogP contribution in [0, 0.1) is 13.8 Å². The summed E-state index contributed by atoms with van der Waals surface area (Å²) in [5.74, 6) is 0.280. The average Bonchev–Trinajstić information content (AvgIpc) is 2.47. The van der Waals surface area contributed by atoms with Crippen LogP contribution in [0.3, 0.4) is 0 Å². The molecule has 2 aromatic carbocycles. The highest BCUT2D eigenvalue weighted by atomic mass is 16.3. The van der Waals surface area contributed by atoms with Gasteiger partial charge in [0.15, 0.2) is 0 Å². The zero-order valence-corrected chi connectivity index (χ0v) is 16.9. The fourth-order valence-electron chi connectivity index (χ4n) is 2.76. The van der Waals surface area contributed by atoms with Crippen LogP contribution < -0.4 is 0 Å². The van der Waals surface area contributed by atoms with Crippen molar-refractivity contribution in [1.29, 1.82) is 0 Å². The van der Waals surface area contributed by atoms with Crippen molar-refractivity contribution in [3.05, 3.63) is 58.1 Å². The number of phenols is 1. The molecule has 0 radical (unpaired) electrons. The van der Waals surface area contributed by atoms with E-state index in [1.165, 1.54) is 16.7 Å². The number of phenolic OH excluding ortho intramolecular Hbond substituents is 1. The van der Waals surface area contributed by atoms with Gasteiger partial charge in [0, 0.05) is 11.8 Å². The molecular formula is C23H31NO. The summed E-state index contributed by atoms with van der Waals surface area (Å²) < 4.78 is 0. The van der Waals surface area contributed by atoms with Crippen molar-refractivity contribution >= 4 is 11.9 Å². The van der Waals surface area contributed by atoms with Gasteiger partial charge in [0.1, 0.15) is 11.4 Å². The minimum Gasteiger partial charge on any atom is -0.505 e. The molecule has 0 aliphatic carbocycles. The van der Waals surface area contributed by atoms with Gasteiger partial charge >= 0.3 is 0 Å². The Morgan fingerprint density at radius 1 is 0.880 bits per heavy atom. The van der Waals surface area contributed by atoms with Crippen LogP contribution in [-0.2, 0) is 10.8 Å². The average molecular weight is 338 g/mol. The van der Waals surface area contributed by atoms with Crippen molar-refractivity contribution < 1.29 is 5.11 Å². The lowest BCUT2D eigenvalue weighted by Gasteiger charge is -2.26. The molecule has 0 aromatic heterocycles. The van der Waals surface area contributed by atoms with E-state index in [0.717, 1.165) is 11.1 Å². The van der Waals surface area contributed by atoms with Crippen LogP contribution in [0.1, 0.15) is 69.4 Å². The second-order valence-electron chi connectivity index (χ2n) is 9.01. The Morgan fingerprint density at radius 3 is 2.08 bits per heavy atom. The highest BCUT2D eigenvalue weighted by molar-refractivity contribution is 5.85. The topological polar surface area (TPSA) is 32.6 Å². The lowest BCUT2D eigenvalue weighted by molar-refractivity contribution is 0.446. The van der Waals surface area contributed by atoms with Crippen molar-refractivity contribution in [2.75, 3.05) is 0 Å². The van der Waals surface area contributed by atoms with Crippen LogP contribution >= 0.6 is 0 Å². The molecule has 1 N–H and O–H groups in total. The number of aromatic hydroxyl groups is 1. The molecule has 0 saturated carbocycles. The molecule has 0 aliphatic rings. The molecular weight excluding hydrogens is 306 g/mol. The van der Waals surface area contributed by atoms with E-state index in [-0.39, 0.29) is 16.6 Å². The molecule has 0 atom stereocenters. The van der Waals surface area contributed by atoms with Crippen LogP contribution in [0.2, 0.25) is 0 Å². The summed E-state index contributed by atoms with van der Waals surface area (Å²) in [4.78, 5) is 4.65. The summed E-state index contributed by atoms with van der Waals surface area (Å²) in [7, 11) is 0. The van der Waals surface area contributed by atoms with E-state index < -0.39 is 0 Å². The fraction of sp³-hybridized carbons (Fsp3) is 0.435. The lowest BCUT2D eigenvalue weighted by Crippen LogP contribution is -2.16. The van der Waals surface area contributed by atoms with Crippen molar-refractivity contribution in [2.24, 2.45) is 4.99 Å². The van der Waals surface area contributed by atoms with Gasteiger partial charge in [0.25, 0.3) is 0 Å². The normalized spacial score (nSPS) is 12.8. The zero-order chi connectivity index (χ0) is 19.0. The number of hydrogen-bond acceptors (Lipinski definition) is 2. The van der Waals surface area contributed by atoms with Crippen molar-refractivity contribution in [3.63, 3.8) is 0 Å². The molecule has 2 aromatic rings. The standard InChI is InChI=1S/C23H31NO/c1-15-9-10-16(2)17(11-15)14-24-20-13-18(22(3,4)5)12-19(21(20)25)23(6,7)8/h9-14,25H,1-8H3. The van der Waals surface area contributed by atoms with Gasteiger partial charge in [-0.3, -0.25) is 4.99 Å². The van der Waals surface area contributed by atoms with E-state index >= 15 is 0 Å². The summed E-state index contributed by atoms with van der Waals surface area (Å²) in [5, 5.41) is 10.8. The number of nitrogens with zero attached hydrogens (tertiary/aromatic N) is 1. The molecule has 2 nitrogen and oxygen atoms in total. The predicted molar refractivity (Wildman–Crippen MR) is 109 cm³/mol. The summed E-state index contributed by atoms with van der Waals surface area (Å²) in [5.41, 5.74) is 6.07. The summed E-state index contributed by atoms with van der Waals surface area (Å²) in [6.07, 6.45) is 1.86. The Morgan fingerprint density at radius 2 is 1.52 bits per heavy atom. The van der Waals surface area contributed by atoms with Gasteiger partial charge in [-0.25, -0.2) is 0 Å². The maximum absolute atomic E-state index is 10.8. The molecule has 0 spiro atoms. The maximum Gasteiger partial charge on any atom is 0.144 e. The molecule has 0 bridgehead atoms. The number of aryl methyl sites for hydroxylation is 2.